The molecule has 0 heterocycles. The fraction of sp³-hybridized carbons (Fsp3) is 0.280. The molecule has 0 unspecified atom stereocenters. The van der Waals surface area contributed by atoms with E-state index in [9.17, 15) is 0 Å². The van der Waals surface area contributed by atoms with Crippen molar-refractivity contribution in [2.45, 2.75) is 32.6 Å². The van der Waals surface area contributed by atoms with Crippen LogP contribution in [-0.2, 0) is 24.5 Å². The SMILES string of the molecule is NCc1ccc(OCc2ccccc2)c(OCCCCOCc2ccccc2)c1. The Bertz CT molecular complexity index is 837. The van der Waals surface area contributed by atoms with Gasteiger partial charge in [-0.1, -0.05) is 66.7 Å². The van der Waals surface area contributed by atoms with Gasteiger partial charge in [-0.15, -0.1) is 0 Å². The molecule has 0 atom stereocenters. The molecule has 152 valence electrons. The van der Waals surface area contributed by atoms with E-state index in [1.165, 1.54) is 5.56 Å². The first-order valence-corrected chi connectivity index (χ1v) is 10.1. The number of ether oxygens (including phenoxy) is 3. The van der Waals surface area contributed by atoms with Gasteiger partial charge in [0.1, 0.15) is 6.61 Å². The van der Waals surface area contributed by atoms with Crippen molar-refractivity contribution < 1.29 is 14.2 Å². The molecule has 4 heteroatoms. The summed E-state index contributed by atoms with van der Waals surface area (Å²) in [5.74, 6) is 1.49. The van der Waals surface area contributed by atoms with Crippen molar-refractivity contribution >= 4 is 0 Å². The Morgan fingerprint density at radius 3 is 1.93 bits per heavy atom. The standard InChI is InChI=1S/C25H29NO3/c26-18-23-13-14-24(29-20-22-11-5-2-6-12-22)25(17-23)28-16-8-7-15-27-19-21-9-3-1-4-10-21/h1-6,9-14,17H,7-8,15-16,18-20,26H2. The Labute approximate surface area is 173 Å². The van der Waals surface area contributed by atoms with Gasteiger partial charge in [0.05, 0.1) is 13.2 Å². The number of rotatable bonds is 12. The van der Waals surface area contributed by atoms with Gasteiger partial charge >= 0.3 is 0 Å². The van der Waals surface area contributed by atoms with Crippen molar-refractivity contribution in [1.82, 2.24) is 0 Å². The van der Waals surface area contributed by atoms with E-state index in [-0.39, 0.29) is 0 Å². The summed E-state index contributed by atoms with van der Waals surface area (Å²) in [6.45, 7) is 2.97. The predicted octanol–water partition coefficient (Wildman–Crippen LogP) is 5.10. The van der Waals surface area contributed by atoms with Crippen LogP contribution in [0.5, 0.6) is 11.5 Å². The van der Waals surface area contributed by atoms with Crippen LogP contribution in [0.1, 0.15) is 29.5 Å². The van der Waals surface area contributed by atoms with Crippen LogP contribution in [0.15, 0.2) is 78.9 Å². The first-order valence-electron chi connectivity index (χ1n) is 10.1. The molecule has 29 heavy (non-hydrogen) atoms. The number of unbranched alkanes of at least 4 members (excludes halogenated alkanes) is 1. The van der Waals surface area contributed by atoms with Gasteiger partial charge < -0.3 is 19.9 Å². The van der Waals surface area contributed by atoms with Crippen molar-refractivity contribution in [2.24, 2.45) is 5.73 Å². The second kappa shape index (κ2) is 11.9. The van der Waals surface area contributed by atoms with Crippen LogP contribution in [0.2, 0.25) is 0 Å². The molecule has 0 spiro atoms. The molecule has 0 aliphatic rings. The molecule has 3 rings (SSSR count). The van der Waals surface area contributed by atoms with E-state index in [1.807, 2.05) is 66.7 Å². The summed E-state index contributed by atoms with van der Waals surface area (Å²) >= 11 is 0. The van der Waals surface area contributed by atoms with Crippen molar-refractivity contribution in [1.29, 1.82) is 0 Å². The normalized spacial score (nSPS) is 10.7. The average molecular weight is 392 g/mol. The molecule has 0 bridgehead atoms. The minimum absolute atomic E-state index is 0.475. The first-order chi connectivity index (χ1) is 14.3. The molecule has 4 nitrogen and oxygen atoms in total. The van der Waals surface area contributed by atoms with Crippen LogP contribution >= 0.6 is 0 Å². The van der Waals surface area contributed by atoms with E-state index in [0.29, 0.717) is 26.4 Å². The van der Waals surface area contributed by atoms with Crippen LogP contribution < -0.4 is 15.2 Å². The molecule has 0 amide bonds. The molecule has 0 saturated carbocycles. The largest absolute Gasteiger partial charge is 0.490 e. The Kier molecular flexibility index (Phi) is 8.57. The topological polar surface area (TPSA) is 53.7 Å². The molecule has 0 aromatic heterocycles. The van der Waals surface area contributed by atoms with Gasteiger partial charge in [-0.3, -0.25) is 0 Å². The van der Waals surface area contributed by atoms with E-state index in [0.717, 1.165) is 42.1 Å². The van der Waals surface area contributed by atoms with Crippen LogP contribution in [-0.4, -0.2) is 13.2 Å². The highest BCUT2D eigenvalue weighted by Gasteiger charge is 2.07. The van der Waals surface area contributed by atoms with Gasteiger partial charge in [-0.05, 0) is 41.7 Å². The summed E-state index contributed by atoms with van der Waals surface area (Å²) in [7, 11) is 0. The predicted molar refractivity (Wildman–Crippen MR) is 116 cm³/mol. The minimum Gasteiger partial charge on any atom is -0.490 e. The summed E-state index contributed by atoms with van der Waals surface area (Å²) < 4.78 is 17.7. The molecule has 0 saturated heterocycles. The van der Waals surface area contributed by atoms with Gasteiger partial charge in [0.25, 0.3) is 0 Å². The number of nitrogens with two attached hydrogens (primary N) is 1. The molecule has 3 aromatic rings. The maximum Gasteiger partial charge on any atom is 0.161 e. The maximum atomic E-state index is 6.00. The van der Waals surface area contributed by atoms with Crippen molar-refractivity contribution in [2.75, 3.05) is 13.2 Å². The van der Waals surface area contributed by atoms with E-state index in [2.05, 4.69) is 12.1 Å². The zero-order valence-electron chi connectivity index (χ0n) is 16.8. The van der Waals surface area contributed by atoms with Crippen LogP contribution in [0, 0.1) is 0 Å². The molecular weight excluding hydrogens is 362 g/mol. The lowest BCUT2D eigenvalue weighted by atomic mass is 10.2. The highest BCUT2D eigenvalue weighted by Crippen LogP contribution is 2.29. The summed E-state index contributed by atoms with van der Waals surface area (Å²) in [6, 6.07) is 26.2. The molecular formula is C25H29NO3. The Morgan fingerprint density at radius 1 is 0.586 bits per heavy atom. The molecule has 0 aliphatic carbocycles. The van der Waals surface area contributed by atoms with E-state index in [1.54, 1.807) is 0 Å². The van der Waals surface area contributed by atoms with E-state index in [4.69, 9.17) is 19.9 Å². The number of hydrogen-bond acceptors (Lipinski definition) is 4. The minimum atomic E-state index is 0.475. The third kappa shape index (κ3) is 7.26. The number of benzene rings is 3. The van der Waals surface area contributed by atoms with Crippen LogP contribution in [0.4, 0.5) is 0 Å². The van der Waals surface area contributed by atoms with Crippen molar-refractivity contribution in [3.05, 3.63) is 95.6 Å². The first kappa shape index (κ1) is 20.9. The second-order valence-electron chi connectivity index (χ2n) is 6.85. The highest BCUT2D eigenvalue weighted by molar-refractivity contribution is 5.43. The quantitative estimate of drug-likeness (QED) is 0.437. The van der Waals surface area contributed by atoms with Gasteiger partial charge in [0.15, 0.2) is 11.5 Å². The summed E-state index contributed by atoms with van der Waals surface area (Å²) in [5, 5.41) is 0. The molecule has 0 aliphatic heterocycles. The third-order valence-corrected chi connectivity index (χ3v) is 4.53. The van der Waals surface area contributed by atoms with Gasteiger partial charge in [-0.25, -0.2) is 0 Å². The summed E-state index contributed by atoms with van der Waals surface area (Å²) in [4.78, 5) is 0. The number of hydrogen-bond donors (Lipinski definition) is 1. The lowest BCUT2D eigenvalue weighted by Crippen LogP contribution is -2.05. The maximum absolute atomic E-state index is 6.00. The smallest absolute Gasteiger partial charge is 0.161 e. The average Bonchev–Trinajstić information content (AvgIpc) is 2.78. The van der Waals surface area contributed by atoms with Crippen LogP contribution in [0.25, 0.3) is 0 Å². The highest BCUT2D eigenvalue weighted by atomic mass is 16.5. The Hall–Kier alpha value is -2.82. The van der Waals surface area contributed by atoms with Crippen molar-refractivity contribution in [3.63, 3.8) is 0 Å². The molecule has 0 radical (unpaired) electrons. The monoisotopic (exact) mass is 391 g/mol. The lowest BCUT2D eigenvalue weighted by Gasteiger charge is -2.14. The fourth-order valence-corrected chi connectivity index (χ4v) is 2.90. The second-order valence-corrected chi connectivity index (χ2v) is 6.85. The Morgan fingerprint density at radius 2 is 1.24 bits per heavy atom. The van der Waals surface area contributed by atoms with Gasteiger partial charge in [0, 0.05) is 13.2 Å². The van der Waals surface area contributed by atoms with Crippen molar-refractivity contribution in [3.8, 4) is 11.5 Å². The third-order valence-electron chi connectivity index (χ3n) is 4.53. The molecule has 2 N–H and O–H groups in total. The van der Waals surface area contributed by atoms with Gasteiger partial charge in [-0.2, -0.15) is 0 Å². The lowest BCUT2D eigenvalue weighted by molar-refractivity contribution is 0.113. The fourth-order valence-electron chi connectivity index (χ4n) is 2.90. The Balaban J connectivity index is 1.42. The van der Waals surface area contributed by atoms with Gasteiger partial charge in [0.2, 0.25) is 0 Å². The molecule has 3 aromatic carbocycles. The summed E-state index contributed by atoms with van der Waals surface area (Å²) in [6.07, 6.45) is 1.86. The van der Waals surface area contributed by atoms with Crippen LogP contribution in [0.3, 0.4) is 0 Å². The molecule has 0 fully saturated rings. The summed E-state index contributed by atoms with van der Waals surface area (Å²) in [5.41, 5.74) is 9.12. The van der Waals surface area contributed by atoms with E-state index >= 15 is 0 Å². The zero-order chi connectivity index (χ0) is 20.2. The van der Waals surface area contributed by atoms with E-state index < -0.39 is 0 Å². The zero-order valence-corrected chi connectivity index (χ0v) is 16.8.